The van der Waals surface area contributed by atoms with Gasteiger partial charge in [-0.15, -0.1) is 0 Å². The van der Waals surface area contributed by atoms with Crippen LogP contribution in [0.15, 0.2) is 65.7 Å². The van der Waals surface area contributed by atoms with Crippen molar-refractivity contribution in [3.63, 3.8) is 0 Å². The summed E-state index contributed by atoms with van der Waals surface area (Å²) in [5.41, 5.74) is 3.91. The third kappa shape index (κ3) is 5.05. The molecular weight excluding hydrogens is 374 g/mol. The molecule has 144 valence electrons. The molecule has 0 radical (unpaired) electrons. The van der Waals surface area contributed by atoms with Crippen molar-refractivity contribution in [3.05, 3.63) is 82.4 Å². The van der Waals surface area contributed by atoms with E-state index in [-0.39, 0.29) is 0 Å². The summed E-state index contributed by atoms with van der Waals surface area (Å²) in [6, 6.07) is 19.3. The average Bonchev–Trinajstić information content (AvgIpc) is 2.72. The molecule has 0 aliphatic carbocycles. The summed E-state index contributed by atoms with van der Waals surface area (Å²) in [5.74, 6) is 1.88. The molecule has 3 aromatic carbocycles. The molecule has 0 aromatic heterocycles. The average molecular weight is 396 g/mol. The molecule has 0 aliphatic heterocycles. The molecule has 3 rings (SSSR count). The van der Waals surface area contributed by atoms with Gasteiger partial charge < -0.3 is 14.2 Å². The van der Waals surface area contributed by atoms with E-state index in [1.165, 1.54) is 5.56 Å². The number of rotatable bonds is 7. The van der Waals surface area contributed by atoms with E-state index in [0.717, 1.165) is 22.6 Å². The van der Waals surface area contributed by atoms with E-state index in [2.05, 4.69) is 24.0 Å². The van der Waals surface area contributed by atoms with Crippen molar-refractivity contribution in [1.29, 1.82) is 0 Å². The molecule has 3 aromatic rings. The lowest BCUT2D eigenvalue weighted by Gasteiger charge is -2.13. The molecule has 28 heavy (non-hydrogen) atoms. The summed E-state index contributed by atoms with van der Waals surface area (Å²) in [7, 11) is 3.23. The number of nitrogens with zero attached hydrogens (tertiary/aromatic N) is 1. The lowest BCUT2D eigenvalue weighted by atomic mass is 10.1. The maximum absolute atomic E-state index is 6.44. The van der Waals surface area contributed by atoms with Crippen molar-refractivity contribution in [2.45, 2.75) is 13.5 Å². The Morgan fingerprint density at radius 2 is 1.64 bits per heavy atom. The van der Waals surface area contributed by atoms with Gasteiger partial charge in [0.25, 0.3) is 0 Å². The Balaban J connectivity index is 1.76. The zero-order valence-corrected chi connectivity index (χ0v) is 16.9. The Hall–Kier alpha value is -2.98. The zero-order valence-electron chi connectivity index (χ0n) is 16.1. The number of methoxy groups -OCH3 is 2. The Morgan fingerprint density at radius 3 is 2.29 bits per heavy atom. The van der Waals surface area contributed by atoms with Crippen LogP contribution >= 0.6 is 11.6 Å². The van der Waals surface area contributed by atoms with Gasteiger partial charge in [0.1, 0.15) is 12.4 Å². The highest BCUT2D eigenvalue weighted by atomic mass is 35.5. The molecule has 5 heteroatoms. The van der Waals surface area contributed by atoms with Crippen molar-refractivity contribution in [1.82, 2.24) is 0 Å². The predicted octanol–water partition coefficient (Wildman–Crippen LogP) is 6.00. The summed E-state index contributed by atoms with van der Waals surface area (Å²) in [5, 5.41) is 0.475. The SMILES string of the molecule is COc1ccc(N=Cc2cc(Cl)c(OCc3ccc(C)cc3)c(OC)c2)cc1. The molecule has 0 amide bonds. The van der Waals surface area contributed by atoms with Gasteiger partial charge in [0, 0.05) is 6.21 Å². The van der Waals surface area contributed by atoms with Crippen molar-refractivity contribution >= 4 is 23.5 Å². The van der Waals surface area contributed by atoms with Gasteiger partial charge in [0.05, 0.1) is 24.9 Å². The Labute approximate surface area is 170 Å². The van der Waals surface area contributed by atoms with Gasteiger partial charge in [-0.3, -0.25) is 4.99 Å². The normalized spacial score (nSPS) is 10.9. The summed E-state index contributed by atoms with van der Waals surface area (Å²) in [4.78, 5) is 4.46. The summed E-state index contributed by atoms with van der Waals surface area (Å²) >= 11 is 6.44. The first-order valence-electron chi connectivity index (χ1n) is 8.83. The number of halogens is 1. The van der Waals surface area contributed by atoms with Crippen LogP contribution in [0.1, 0.15) is 16.7 Å². The molecule has 0 unspecified atom stereocenters. The molecule has 0 N–H and O–H groups in total. The monoisotopic (exact) mass is 395 g/mol. The van der Waals surface area contributed by atoms with Crippen LogP contribution in [-0.2, 0) is 6.61 Å². The zero-order chi connectivity index (χ0) is 19.9. The van der Waals surface area contributed by atoms with Crippen molar-refractivity contribution in [3.8, 4) is 17.2 Å². The number of hydrogen-bond acceptors (Lipinski definition) is 4. The summed E-state index contributed by atoms with van der Waals surface area (Å²) < 4.78 is 16.5. The standard InChI is InChI=1S/C23H22ClNO3/c1-16-4-6-17(7-5-16)15-28-23-21(24)12-18(13-22(23)27-3)14-25-19-8-10-20(26-2)11-9-19/h4-14H,15H2,1-3H3. The largest absolute Gasteiger partial charge is 0.497 e. The van der Waals surface area contributed by atoms with Crippen LogP contribution in [0.4, 0.5) is 5.69 Å². The fraction of sp³-hybridized carbons (Fsp3) is 0.174. The van der Waals surface area contributed by atoms with Crippen LogP contribution in [0.3, 0.4) is 0 Å². The summed E-state index contributed by atoms with van der Waals surface area (Å²) in [6.07, 6.45) is 1.74. The molecule has 0 aliphatic rings. The number of ether oxygens (including phenoxy) is 3. The maximum Gasteiger partial charge on any atom is 0.180 e. The molecule has 0 spiro atoms. The Kier molecular flexibility index (Phi) is 6.56. The Morgan fingerprint density at radius 1 is 0.929 bits per heavy atom. The molecule has 0 bridgehead atoms. The lowest BCUT2D eigenvalue weighted by Crippen LogP contribution is -1.99. The summed E-state index contributed by atoms with van der Waals surface area (Å²) in [6.45, 7) is 2.46. The lowest BCUT2D eigenvalue weighted by molar-refractivity contribution is 0.284. The van der Waals surface area contributed by atoms with Gasteiger partial charge in [0.15, 0.2) is 11.5 Å². The second-order valence-electron chi connectivity index (χ2n) is 6.26. The topological polar surface area (TPSA) is 40.0 Å². The van der Waals surface area contributed by atoms with Gasteiger partial charge in [-0.2, -0.15) is 0 Å². The predicted molar refractivity (Wildman–Crippen MR) is 114 cm³/mol. The third-order valence-corrected chi connectivity index (χ3v) is 4.47. The molecule has 0 saturated carbocycles. The molecule has 0 atom stereocenters. The number of aryl methyl sites for hydroxylation is 1. The van der Waals surface area contributed by atoms with E-state index < -0.39 is 0 Å². The second kappa shape index (κ2) is 9.29. The van der Waals surface area contributed by atoms with E-state index in [4.69, 9.17) is 25.8 Å². The van der Waals surface area contributed by atoms with E-state index in [0.29, 0.717) is 23.1 Å². The van der Waals surface area contributed by atoms with Gasteiger partial charge in [0.2, 0.25) is 0 Å². The first-order valence-corrected chi connectivity index (χ1v) is 9.21. The smallest absolute Gasteiger partial charge is 0.180 e. The van der Waals surface area contributed by atoms with E-state index in [9.17, 15) is 0 Å². The van der Waals surface area contributed by atoms with Crippen LogP contribution in [0.5, 0.6) is 17.2 Å². The molecule has 0 saturated heterocycles. The van der Waals surface area contributed by atoms with Gasteiger partial charge in [-0.25, -0.2) is 0 Å². The van der Waals surface area contributed by atoms with E-state index in [1.807, 2.05) is 48.5 Å². The van der Waals surface area contributed by atoms with Crippen LogP contribution in [0.25, 0.3) is 0 Å². The van der Waals surface area contributed by atoms with Crippen LogP contribution in [-0.4, -0.2) is 20.4 Å². The number of benzene rings is 3. The maximum atomic E-state index is 6.44. The van der Waals surface area contributed by atoms with Gasteiger partial charge >= 0.3 is 0 Å². The Bertz CT molecular complexity index is 951. The van der Waals surface area contributed by atoms with Crippen LogP contribution in [0.2, 0.25) is 5.02 Å². The third-order valence-electron chi connectivity index (χ3n) is 4.19. The first kappa shape index (κ1) is 19.8. The fourth-order valence-electron chi connectivity index (χ4n) is 2.61. The van der Waals surface area contributed by atoms with Crippen LogP contribution < -0.4 is 14.2 Å². The minimum absolute atomic E-state index is 0.412. The van der Waals surface area contributed by atoms with Crippen LogP contribution in [0, 0.1) is 6.92 Å². The quantitative estimate of drug-likeness (QED) is 0.461. The van der Waals surface area contributed by atoms with E-state index >= 15 is 0 Å². The minimum atomic E-state index is 0.412. The highest BCUT2D eigenvalue weighted by molar-refractivity contribution is 6.32. The van der Waals surface area contributed by atoms with Crippen molar-refractivity contribution < 1.29 is 14.2 Å². The number of aliphatic imine (C=N–C) groups is 1. The highest BCUT2D eigenvalue weighted by Gasteiger charge is 2.12. The van der Waals surface area contributed by atoms with E-state index in [1.54, 1.807) is 20.4 Å². The first-order chi connectivity index (χ1) is 13.6. The van der Waals surface area contributed by atoms with Gasteiger partial charge in [-0.1, -0.05) is 41.4 Å². The van der Waals surface area contributed by atoms with Crippen molar-refractivity contribution in [2.75, 3.05) is 14.2 Å². The molecular formula is C23H22ClNO3. The highest BCUT2D eigenvalue weighted by Crippen LogP contribution is 2.36. The molecule has 4 nitrogen and oxygen atoms in total. The fourth-order valence-corrected chi connectivity index (χ4v) is 2.89. The minimum Gasteiger partial charge on any atom is -0.497 e. The second-order valence-corrected chi connectivity index (χ2v) is 6.67. The molecule has 0 fully saturated rings. The van der Waals surface area contributed by atoms with Gasteiger partial charge in [-0.05, 0) is 54.4 Å². The molecule has 0 heterocycles. The number of hydrogen-bond donors (Lipinski definition) is 0. The van der Waals surface area contributed by atoms with Crippen molar-refractivity contribution in [2.24, 2.45) is 4.99 Å².